The van der Waals surface area contributed by atoms with Gasteiger partial charge in [0.05, 0.1) is 16.4 Å². The topological polar surface area (TPSA) is 47.3 Å². The molecular formula is C13H20ClFN2O. The first-order valence-electron chi connectivity index (χ1n) is 6.07. The maximum absolute atomic E-state index is 13.6. The Morgan fingerprint density at radius 1 is 1.44 bits per heavy atom. The lowest BCUT2D eigenvalue weighted by Crippen LogP contribution is -2.10. The summed E-state index contributed by atoms with van der Waals surface area (Å²) in [6.07, 6.45) is 0.790. The number of hydrogen-bond donors (Lipinski definition) is 2. The molecule has 0 aromatic heterocycles. The van der Waals surface area contributed by atoms with Crippen LogP contribution in [0, 0.1) is 11.7 Å². The van der Waals surface area contributed by atoms with Gasteiger partial charge in [0.2, 0.25) is 0 Å². The smallest absolute Gasteiger partial charge is 0.166 e. The van der Waals surface area contributed by atoms with Crippen LogP contribution in [0.1, 0.15) is 20.3 Å². The molecule has 0 unspecified atom stereocenters. The van der Waals surface area contributed by atoms with Crippen molar-refractivity contribution in [2.75, 3.05) is 30.8 Å². The first-order chi connectivity index (χ1) is 8.52. The van der Waals surface area contributed by atoms with Crippen molar-refractivity contribution < 1.29 is 9.13 Å². The van der Waals surface area contributed by atoms with Crippen LogP contribution in [0.25, 0.3) is 0 Å². The molecule has 5 heteroatoms. The van der Waals surface area contributed by atoms with E-state index in [1.54, 1.807) is 6.07 Å². The molecule has 18 heavy (non-hydrogen) atoms. The zero-order valence-electron chi connectivity index (χ0n) is 10.8. The van der Waals surface area contributed by atoms with Gasteiger partial charge in [0.1, 0.15) is 0 Å². The van der Waals surface area contributed by atoms with Gasteiger partial charge < -0.3 is 15.8 Å². The molecule has 0 fully saturated rings. The van der Waals surface area contributed by atoms with E-state index < -0.39 is 5.82 Å². The summed E-state index contributed by atoms with van der Waals surface area (Å²) >= 11 is 5.69. The Kier molecular flexibility index (Phi) is 6.22. The van der Waals surface area contributed by atoms with Crippen LogP contribution in [0.2, 0.25) is 5.02 Å². The van der Waals surface area contributed by atoms with Crippen LogP contribution >= 0.6 is 11.6 Å². The van der Waals surface area contributed by atoms with Gasteiger partial charge in [-0.15, -0.1) is 0 Å². The molecule has 0 aliphatic heterocycles. The van der Waals surface area contributed by atoms with Crippen LogP contribution < -0.4 is 11.1 Å². The highest BCUT2D eigenvalue weighted by atomic mass is 35.5. The van der Waals surface area contributed by atoms with Crippen molar-refractivity contribution in [2.24, 2.45) is 5.92 Å². The number of nitrogen functional groups attached to an aromatic ring is 1. The molecule has 102 valence electrons. The fourth-order valence-corrected chi connectivity index (χ4v) is 1.61. The highest BCUT2D eigenvalue weighted by molar-refractivity contribution is 6.31. The number of anilines is 2. The normalized spacial score (nSPS) is 10.9. The lowest BCUT2D eigenvalue weighted by Gasteiger charge is -2.11. The minimum Gasteiger partial charge on any atom is -0.397 e. The van der Waals surface area contributed by atoms with E-state index in [9.17, 15) is 4.39 Å². The minimum atomic E-state index is -0.500. The van der Waals surface area contributed by atoms with Crippen molar-refractivity contribution in [3.8, 4) is 0 Å². The van der Waals surface area contributed by atoms with Gasteiger partial charge in [-0.25, -0.2) is 4.39 Å². The third-order valence-electron chi connectivity index (χ3n) is 2.35. The third kappa shape index (κ3) is 4.70. The van der Waals surface area contributed by atoms with E-state index in [2.05, 4.69) is 19.2 Å². The van der Waals surface area contributed by atoms with Crippen molar-refractivity contribution in [3.05, 3.63) is 23.0 Å². The van der Waals surface area contributed by atoms with Crippen LogP contribution in [0.15, 0.2) is 12.1 Å². The van der Waals surface area contributed by atoms with Crippen molar-refractivity contribution in [1.29, 1.82) is 0 Å². The molecule has 1 rings (SSSR count). The molecule has 0 radical (unpaired) electrons. The monoisotopic (exact) mass is 274 g/mol. The van der Waals surface area contributed by atoms with E-state index in [4.69, 9.17) is 22.1 Å². The lowest BCUT2D eigenvalue weighted by molar-refractivity contribution is 0.110. The van der Waals surface area contributed by atoms with Gasteiger partial charge in [0, 0.05) is 19.8 Å². The summed E-state index contributed by atoms with van der Waals surface area (Å²) in [6, 6.07) is 3.03. The SMILES string of the molecule is CC(C)COCCCNc1c(N)ccc(Cl)c1F. The van der Waals surface area contributed by atoms with Gasteiger partial charge in [-0.3, -0.25) is 0 Å². The van der Waals surface area contributed by atoms with E-state index in [0.717, 1.165) is 13.0 Å². The summed E-state index contributed by atoms with van der Waals surface area (Å²) in [7, 11) is 0. The minimum absolute atomic E-state index is 0.0720. The molecular weight excluding hydrogens is 255 g/mol. The van der Waals surface area contributed by atoms with E-state index in [-0.39, 0.29) is 10.7 Å². The number of benzene rings is 1. The molecule has 0 saturated heterocycles. The van der Waals surface area contributed by atoms with Gasteiger partial charge >= 0.3 is 0 Å². The predicted molar refractivity (Wildman–Crippen MR) is 74.6 cm³/mol. The molecule has 0 aliphatic carbocycles. The van der Waals surface area contributed by atoms with E-state index in [0.29, 0.717) is 24.8 Å². The van der Waals surface area contributed by atoms with Crippen LogP contribution in [-0.4, -0.2) is 19.8 Å². The van der Waals surface area contributed by atoms with Gasteiger partial charge in [-0.05, 0) is 24.5 Å². The zero-order chi connectivity index (χ0) is 13.5. The van der Waals surface area contributed by atoms with E-state index in [1.165, 1.54) is 6.07 Å². The first kappa shape index (κ1) is 15.1. The zero-order valence-corrected chi connectivity index (χ0v) is 11.6. The van der Waals surface area contributed by atoms with Gasteiger partial charge in [0.15, 0.2) is 5.82 Å². The number of rotatable bonds is 7. The molecule has 0 spiro atoms. The van der Waals surface area contributed by atoms with E-state index >= 15 is 0 Å². The highest BCUT2D eigenvalue weighted by Gasteiger charge is 2.09. The van der Waals surface area contributed by atoms with Crippen LogP contribution in [0.4, 0.5) is 15.8 Å². The molecule has 0 heterocycles. The summed E-state index contributed by atoms with van der Waals surface area (Å²) in [6.45, 7) is 6.18. The van der Waals surface area contributed by atoms with Gasteiger partial charge in [0.25, 0.3) is 0 Å². The Morgan fingerprint density at radius 3 is 2.83 bits per heavy atom. The number of hydrogen-bond acceptors (Lipinski definition) is 3. The summed E-state index contributed by atoms with van der Waals surface area (Å²) in [4.78, 5) is 0. The highest BCUT2D eigenvalue weighted by Crippen LogP contribution is 2.28. The Labute approximate surface area is 112 Å². The molecule has 3 N–H and O–H groups in total. The summed E-state index contributed by atoms with van der Waals surface area (Å²) in [5, 5.41) is 3.02. The fourth-order valence-electron chi connectivity index (χ4n) is 1.45. The van der Waals surface area contributed by atoms with Gasteiger partial charge in [-0.1, -0.05) is 25.4 Å². The quantitative estimate of drug-likeness (QED) is 0.591. The summed E-state index contributed by atoms with van der Waals surface area (Å²) in [5.41, 5.74) is 6.31. The van der Waals surface area contributed by atoms with Crippen molar-refractivity contribution >= 4 is 23.0 Å². The van der Waals surface area contributed by atoms with E-state index in [1.807, 2.05) is 0 Å². The van der Waals surface area contributed by atoms with Crippen molar-refractivity contribution in [1.82, 2.24) is 0 Å². The lowest BCUT2D eigenvalue weighted by atomic mass is 10.2. The Hall–Kier alpha value is -1.000. The summed E-state index contributed by atoms with van der Waals surface area (Å²) in [5.74, 6) is 0.0266. The molecule has 1 aromatic carbocycles. The van der Waals surface area contributed by atoms with Crippen LogP contribution in [0.3, 0.4) is 0 Å². The Balaban J connectivity index is 2.33. The average Bonchev–Trinajstić information content (AvgIpc) is 2.32. The Morgan fingerprint density at radius 2 is 2.17 bits per heavy atom. The summed E-state index contributed by atoms with van der Waals surface area (Å²) < 4.78 is 19.1. The maximum atomic E-state index is 13.6. The second-order valence-corrected chi connectivity index (χ2v) is 4.98. The predicted octanol–water partition coefficient (Wildman–Crippen LogP) is 3.54. The third-order valence-corrected chi connectivity index (χ3v) is 2.64. The van der Waals surface area contributed by atoms with Gasteiger partial charge in [-0.2, -0.15) is 0 Å². The molecule has 3 nitrogen and oxygen atoms in total. The molecule has 1 aromatic rings. The Bertz CT molecular complexity index is 385. The van der Waals surface area contributed by atoms with Crippen LogP contribution in [-0.2, 0) is 4.74 Å². The standard InChI is InChI=1S/C13H20ClFN2O/c1-9(2)8-18-7-3-6-17-13-11(16)5-4-10(14)12(13)15/h4-5,9,17H,3,6-8,16H2,1-2H3. The van der Waals surface area contributed by atoms with Crippen molar-refractivity contribution in [2.45, 2.75) is 20.3 Å². The maximum Gasteiger partial charge on any atom is 0.166 e. The van der Waals surface area contributed by atoms with Crippen LogP contribution in [0.5, 0.6) is 0 Å². The number of ether oxygens (including phenoxy) is 1. The number of halogens is 2. The molecule has 0 aliphatic rings. The molecule has 0 saturated carbocycles. The van der Waals surface area contributed by atoms with Crippen molar-refractivity contribution in [3.63, 3.8) is 0 Å². The first-order valence-corrected chi connectivity index (χ1v) is 6.45. The number of nitrogens with two attached hydrogens (primary N) is 1. The fraction of sp³-hybridized carbons (Fsp3) is 0.538. The second kappa shape index (κ2) is 7.44. The molecule has 0 bridgehead atoms. The second-order valence-electron chi connectivity index (χ2n) is 4.57. The molecule has 0 amide bonds. The largest absolute Gasteiger partial charge is 0.397 e. The molecule has 0 atom stereocenters. The average molecular weight is 275 g/mol. The number of nitrogens with one attached hydrogen (secondary N) is 1.